The van der Waals surface area contributed by atoms with Crippen LogP contribution in [0.1, 0.15) is 17.8 Å². The predicted molar refractivity (Wildman–Crippen MR) is 44.4 cm³/mol. The van der Waals surface area contributed by atoms with Crippen molar-refractivity contribution in [3.8, 4) is 0 Å². The number of nitrogens with zero attached hydrogens (tertiary/aromatic N) is 3. The van der Waals surface area contributed by atoms with Gasteiger partial charge in [0.15, 0.2) is 0 Å². The summed E-state index contributed by atoms with van der Waals surface area (Å²) in [6, 6.07) is 0. The highest BCUT2D eigenvalue weighted by Gasteiger charge is 2.23. The average molecular weight is 246 g/mol. The van der Waals surface area contributed by atoms with Gasteiger partial charge in [0.25, 0.3) is 6.43 Å². The lowest BCUT2D eigenvalue weighted by molar-refractivity contribution is 0.140. The zero-order chi connectivity index (χ0) is 10.9. The van der Waals surface area contributed by atoms with Gasteiger partial charge in [0, 0.05) is 17.7 Å². The van der Waals surface area contributed by atoms with Crippen molar-refractivity contribution in [2.45, 2.75) is 12.2 Å². The van der Waals surface area contributed by atoms with E-state index in [1.807, 2.05) is 0 Å². The molecule has 0 saturated carbocycles. The summed E-state index contributed by atoms with van der Waals surface area (Å²) in [7, 11) is 2.26. The summed E-state index contributed by atoms with van der Waals surface area (Å²) in [5.74, 6) is -0.748. The number of aryl methyl sites for hydroxylation is 1. The summed E-state index contributed by atoms with van der Waals surface area (Å²) in [6.07, 6.45) is -2.83. The molecule has 0 aliphatic carbocycles. The largest absolute Gasteiger partial charge is 0.281 e. The Balaban J connectivity index is 3.10. The lowest BCUT2D eigenvalue weighted by Gasteiger charge is -2.00. The van der Waals surface area contributed by atoms with Crippen LogP contribution in [0.3, 0.4) is 0 Å². The van der Waals surface area contributed by atoms with Gasteiger partial charge < -0.3 is 0 Å². The Morgan fingerprint density at radius 3 is 2.57 bits per heavy atom. The van der Waals surface area contributed by atoms with Gasteiger partial charge in [-0.3, -0.25) is 0 Å². The maximum absolute atomic E-state index is 12.4. The average Bonchev–Trinajstić information content (AvgIpc) is 2.27. The minimum absolute atomic E-state index is 0.322. The molecule has 0 unspecified atom stereocenters. The smallest absolute Gasteiger partial charge is 0.246 e. The topological polar surface area (TPSA) is 64.8 Å². The predicted octanol–water partition coefficient (Wildman–Crippen LogP) is 0.821. The van der Waals surface area contributed by atoms with Crippen LogP contribution in [0.5, 0.6) is 0 Å². The zero-order valence-electron chi connectivity index (χ0n) is 6.98. The summed E-state index contributed by atoms with van der Waals surface area (Å²) < 4.78 is 46.8. The van der Waals surface area contributed by atoms with Gasteiger partial charge in [-0.05, 0) is 0 Å². The third-order valence-corrected chi connectivity index (χ3v) is 2.41. The van der Waals surface area contributed by atoms with Crippen LogP contribution in [0.15, 0.2) is 0 Å². The molecule has 0 radical (unpaired) electrons. The summed E-state index contributed by atoms with van der Waals surface area (Å²) in [5.41, 5.74) is -0.855. The van der Waals surface area contributed by atoms with Gasteiger partial charge in [-0.2, -0.15) is 0 Å². The van der Waals surface area contributed by atoms with Crippen molar-refractivity contribution < 1.29 is 17.2 Å². The minimum atomic E-state index is -3.90. The van der Waals surface area contributed by atoms with Gasteiger partial charge in [0.2, 0.25) is 9.05 Å². The Labute approximate surface area is 83.1 Å². The van der Waals surface area contributed by atoms with Crippen molar-refractivity contribution >= 4 is 19.7 Å². The van der Waals surface area contributed by atoms with Crippen LogP contribution >= 0.6 is 10.7 Å². The minimum Gasteiger partial charge on any atom is -0.246 e. The maximum Gasteiger partial charge on any atom is 0.281 e. The van der Waals surface area contributed by atoms with Crippen molar-refractivity contribution in [2.75, 3.05) is 0 Å². The second kappa shape index (κ2) is 3.77. The van der Waals surface area contributed by atoms with Gasteiger partial charge in [-0.15, -0.1) is 5.10 Å². The molecule has 0 bridgehead atoms. The molecule has 1 aromatic heterocycles. The summed E-state index contributed by atoms with van der Waals surface area (Å²) in [4.78, 5) is 0. The van der Waals surface area contributed by atoms with Gasteiger partial charge >= 0.3 is 0 Å². The zero-order valence-corrected chi connectivity index (χ0v) is 8.56. The summed E-state index contributed by atoms with van der Waals surface area (Å²) >= 11 is 0. The molecule has 1 aromatic rings. The van der Waals surface area contributed by atoms with E-state index < -0.39 is 26.9 Å². The lowest BCUT2D eigenvalue weighted by Crippen LogP contribution is -2.03. The SMILES string of the molecule is Cn1nnc(CS(=O)(=O)Cl)c1C(F)F. The molecule has 0 saturated heterocycles. The molecule has 0 aromatic carbocycles. The van der Waals surface area contributed by atoms with E-state index in [-0.39, 0.29) is 5.69 Å². The first-order valence-electron chi connectivity index (χ1n) is 3.40. The van der Waals surface area contributed by atoms with Crippen LogP contribution in [-0.2, 0) is 21.9 Å². The number of hydrogen-bond donors (Lipinski definition) is 0. The van der Waals surface area contributed by atoms with E-state index in [0.29, 0.717) is 0 Å². The molecule has 1 rings (SSSR count). The van der Waals surface area contributed by atoms with Gasteiger partial charge in [0.1, 0.15) is 17.1 Å². The van der Waals surface area contributed by atoms with Crippen LogP contribution in [0.2, 0.25) is 0 Å². The first-order valence-corrected chi connectivity index (χ1v) is 5.88. The molecular formula is C5H6ClF2N3O2S. The molecule has 14 heavy (non-hydrogen) atoms. The number of hydrogen-bond acceptors (Lipinski definition) is 4. The Morgan fingerprint density at radius 2 is 2.14 bits per heavy atom. The molecule has 0 amide bonds. The molecule has 9 heteroatoms. The van der Waals surface area contributed by atoms with Gasteiger partial charge in [-0.25, -0.2) is 21.9 Å². The highest BCUT2D eigenvalue weighted by molar-refractivity contribution is 8.13. The number of halogens is 3. The number of alkyl halides is 2. The van der Waals surface area contributed by atoms with Crippen LogP contribution in [0.4, 0.5) is 8.78 Å². The molecule has 0 atom stereocenters. The van der Waals surface area contributed by atoms with Crippen molar-refractivity contribution in [3.63, 3.8) is 0 Å². The summed E-state index contributed by atoms with van der Waals surface area (Å²) in [6.45, 7) is 0. The molecule has 1 heterocycles. The Morgan fingerprint density at radius 1 is 1.57 bits per heavy atom. The highest BCUT2D eigenvalue weighted by Crippen LogP contribution is 2.22. The number of aromatic nitrogens is 3. The number of rotatable bonds is 3. The van der Waals surface area contributed by atoms with Crippen molar-refractivity contribution in [2.24, 2.45) is 7.05 Å². The summed E-state index contributed by atoms with van der Waals surface area (Å²) in [5, 5.41) is 6.58. The van der Waals surface area contributed by atoms with E-state index in [9.17, 15) is 17.2 Å². The Hall–Kier alpha value is -0.760. The van der Waals surface area contributed by atoms with Crippen LogP contribution in [-0.4, -0.2) is 23.4 Å². The molecule has 5 nitrogen and oxygen atoms in total. The van der Waals surface area contributed by atoms with Crippen LogP contribution < -0.4 is 0 Å². The second-order valence-electron chi connectivity index (χ2n) is 2.53. The first-order chi connectivity index (χ1) is 6.31. The van der Waals surface area contributed by atoms with Crippen LogP contribution in [0, 0.1) is 0 Å². The molecule has 80 valence electrons. The van der Waals surface area contributed by atoms with E-state index in [0.717, 1.165) is 4.68 Å². The lowest BCUT2D eigenvalue weighted by atomic mass is 10.3. The third kappa shape index (κ3) is 2.61. The van der Waals surface area contributed by atoms with E-state index in [1.54, 1.807) is 0 Å². The van der Waals surface area contributed by atoms with Gasteiger partial charge in [-0.1, -0.05) is 5.21 Å². The second-order valence-corrected chi connectivity index (χ2v) is 5.31. The fourth-order valence-corrected chi connectivity index (χ4v) is 1.78. The molecular weight excluding hydrogens is 240 g/mol. The van der Waals surface area contributed by atoms with Crippen molar-refractivity contribution in [1.82, 2.24) is 15.0 Å². The fraction of sp³-hybridized carbons (Fsp3) is 0.600. The molecule has 0 spiro atoms. The highest BCUT2D eigenvalue weighted by atomic mass is 35.7. The molecule has 0 fully saturated rings. The van der Waals surface area contributed by atoms with Crippen molar-refractivity contribution in [3.05, 3.63) is 11.4 Å². The molecule has 0 aliphatic rings. The van der Waals surface area contributed by atoms with E-state index in [1.165, 1.54) is 7.05 Å². The van der Waals surface area contributed by atoms with E-state index >= 15 is 0 Å². The Bertz CT molecular complexity index is 430. The normalized spacial score (nSPS) is 12.4. The van der Waals surface area contributed by atoms with Gasteiger partial charge in [0.05, 0.1) is 0 Å². The fourth-order valence-electron chi connectivity index (χ4n) is 0.941. The third-order valence-electron chi connectivity index (χ3n) is 1.46. The van der Waals surface area contributed by atoms with E-state index in [2.05, 4.69) is 10.3 Å². The van der Waals surface area contributed by atoms with Crippen LogP contribution in [0.25, 0.3) is 0 Å². The van der Waals surface area contributed by atoms with Crippen molar-refractivity contribution in [1.29, 1.82) is 0 Å². The molecule has 0 N–H and O–H groups in total. The molecule has 0 aliphatic heterocycles. The standard InChI is InChI=1S/C5H6ClF2N3O2S/c1-11-4(5(7)8)3(9-10-11)2-14(6,12)13/h5H,2H2,1H3. The monoisotopic (exact) mass is 245 g/mol. The Kier molecular flexibility index (Phi) is 3.05. The first kappa shape index (κ1) is 11.3. The van der Waals surface area contributed by atoms with E-state index in [4.69, 9.17) is 10.7 Å². The maximum atomic E-state index is 12.4. The quantitative estimate of drug-likeness (QED) is 0.740.